The van der Waals surface area contributed by atoms with Crippen molar-refractivity contribution in [2.75, 3.05) is 19.7 Å². The van der Waals surface area contributed by atoms with E-state index in [1.807, 2.05) is 86.7 Å². The minimum absolute atomic E-state index is 0.0509. The van der Waals surface area contributed by atoms with E-state index >= 15 is 0 Å². The van der Waals surface area contributed by atoms with Crippen LogP contribution in [0.15, 0.2) is 83.4 Å². The van der Waals surface area contributed by atoms with Crippen molar-refractivity contribution in [3.63, 3.8) is 0 Å². The molecule has 11 heteroatoms. The highest BCUT2D eigenvalue weighted by molar-refractivity contribution is 9.11. The molecule has 2 aromatic carbocycles. The Kier molecular flexibility index (Phi) is 9.68. The Bertz CT molecular complexity index is 1560. The molecule has 1 spiro atoms. The zero-order valence-corrected chi connectivity index (χ0v) is 28.0. The Hall–Kier alpha value is -3.80. The number of amides is 3. The monoisotopic (exact) mass is 705 g/mol. The van der Waals surface area contributed by atoms with Gasteiger partial charge in [0.05, 0.1) is 25.1 Å². The Morgan fingerprint density at radius 3 is 2.38 bits per heavy atom. The number of benzene rings is 2. The van der Waals surface area contributed by atoms with Gasteiger partial charge >= 0.3 is 5.97 Å². The van der Waals surface area contributed by atoms with Gasteiger partial charge in [0.15, 0.2) is 0 Å². The van der Waals surface area contributed by atoms with E-state index in [1.54, 1.807) is 11.0 Å². The number of nitrogens with zero attached hydrogens (tertiary/aromatic N) is 2. The van der Waals surface area contributed by atoms with Crippen LogP contribution in [0.4, 0.5) is 0 Å². The van der Waals surface area contributed by atoms with Crippen LogP contribution in [0.25, 0.3) is 0 Å². The maximum Gasteiger partial charge on any atom is 0.313 e. The Morgan fingerprint density at radius 2 is 1.70 bits per heavy atom. The van der Waals surface area contributed by atoms with E-state index in [0.717, 1.165) is 5.56 Å². The van der Waals surface area contributed by atoms with Crippen LogP contribution in [0.1, 0.15) is 43.9 Å². The minimum atomic E-state index is -1.47. The van der Waals surface area contributed by atoms with E-state index in [1.165, 1.54) is 4.90 Å². The van der Waals surface area contributed by atoms with Crippen molar-refractivity contribution in [1.82, 2.24) is 15.1 Å². The van der Waals surface area contributed by atoms with Crippen molar-refractivity contribution in [1.29, 1.82) is 0 Å². The second kappa shape index (κ2) is 13.7. The molecule has 10 nitrogen and oxygen atoms in total. The van der Waals surface area contributed by atoms with E-state index < -0.39 is 60.2 Å². The number of aliphatic hydroxyl groups is 1. The number of nitrogens with one attached hydrogen (secondary N) is 1. The fraction of sp³-hybridized carbons (Fsp3) is 0.444. The molecule has 2 saturated heterocycles. The van der Waals surface area contributed by atoms with Crippen molar-refractivity contribution in [2.24, 2.45) is 11.8 Å². The molecule has 4 aliphatic heterocycles. The molecule has 0 aromatic heterocycles. The van der Waals surface area contributed by atoms with Gasteiger partial charge < -0.3 is 29.7 Å². The van der Waals surface area contributed by atoms with Crippen molar-refractivity contribution in [2.45, 2.75) is 69.0 Å². The number of hydrogen-bond acceptors (Lipinski definition) is 7. The lowest BCUT2D eigenvalue weighted by atomic mass is 9.74. The predicted octanol–water partition coefficient (Wildman–Crippen LogP) is 3.45. The first-order chi connectivity index (χ1) is 22.7. The topological polar surface area (TPSA) is 125 Å². The number of carbonyl (C=O) groups is 4. The summed E-state index contributed by atoms with van der Waals surface area (Å²) in [5, 5.41) is 13.6. The average Bonchev–Trinajstić information content (AvgIpc) is 3.66. The highest BCUT2D eigenvalue weighted by Crippen LogP contribution is 2.59. The molecule has 7 atom stereocenters. The van der Waals surface area contributed by atoms with Crippen LogP contribution < -0.4 is 5.32 Å². The summed E-state index contributed by atoms with van der Waals surface area (Å²) in [4.78, 5) is 59.6. The number of halogens is 1. The first-order valence-corrected chi connectivity index (χ1v) is 17.0. The number of ether oxygens (including phenoxy) is 2. The summed E-state index contributed by atoms with van der Waals surface area (Å²) in [5.41, 5.74) is 0.117. The number of aliphatic hydroxyl groups excluding tert-OH is 1. The van der Waals surface area contributed by atoms with Gasteiger partial charge in [-0.15, -0.1) is 0 Å². The first kappa shape index (κ1) is 33.1. The summed E-state index contributed by atoms with van der Waals surface area (Å²) in [7, 11) is 0. The third-order valence-corrected chi connectivity index (χ3v) is 10.3. The number of cyclic esters (lactones) is 1. The zero-order valence-electron chi connectivity index (χ0n) is 26.5. The molecule has 47 heavy (non-hydrogen) atoms. The quantitative estimate of drug-likeness (QED) is 0.349. The molecule has 0 saturated carbocycles. The second-order valence-corrected chi connectivity index (χ2v) is 13.7. The third kappa shape index (κ3) is 6.16. The Balaban J connectivity index is 1.45. The molecular weight excluding hydrogens is 666 g/mol. The Labute approximate surface area is 282 Å². The minimum Gasteiger partial charge on any atom is -0.455 e. The third-order valence-electron chi connectivity index (χ3n) is 9.62. The van der Waals surface area contributed by atoms with Gasteiger partial charge in [-0.25, -0.2) is 0 Å². The normalized spacial score (nSPS) is 31.0. The molecule has 0 radical (unpaired) electrons. The van der Waals surface area contributed by atoms with Gasteiger partial charge in [-0.2, -0.15) is 0 Å². The largest absolute Gasteiger partial charge is 0.455 e. The second-order valence-electron chi connectivity index (χ2n) is 12.8. The molecule has 248 valence electrons. The van der Waals surface area contributed by atoms with E-state index in [0.29, 0.717) is 22.9 Å². The zero-order chi connectivity index (χ0) is 33.3. The maximum atomic E-state index is 14.8. The van der Waals surface area contributed by atoms with Crippen molar-refractivity contribution < 1.29 is 33.8 Å². The van der Waals surface area contributed by atoms with E-state index in [9.17, 15) is 24.3 Å². The lowest BCUT2D eigenvalue weighted by molar-refractivity contribution is -0.160. The molecule has 2 aromatic rings. The number of fused-ring (bicyclic) bond motifs is 2. The van der Waals surface area contributed by atoms with Crippen molar-refractivity contribution in [3.05, 3.63) is 94.5 Å². The highest BCUT2D eigenvalue weighted by atomic mass is 79.9. The van der Waals surface area contributed by atoms with Gasteiger partial charge in [-0.05, 0) is 43.9 Å². The van der Waals surface area contributed by atoms with Crippen LogP contribution >= 0.6 is 15.9 Å². The molecule has 0 aliphatic carbocycles. The van der Waals surface area contributed by atoms with Crippen LogP contribution in [0.5, 0.6) is 0 Å². The molecule has 2 fully saturated rings. The van der Waals surface area contributed by atoms with Gasteiger partial charge in [0.25, 0.3) is 0 Å². The number of rotatable bonds is 6. The fourth-order valence-corrected chi connectivity index (χ4v) is 8.11. The fourth-order valence-electron chi connectivity index (χ4n) is 7.38. The maximum absolute atomic E-state index is 14.8. The number of allylic oxidation sites excluding steroid dienone is 1. The molecular formula is C36H40BrN3O7. The van der Waals surface area contributed by atoms with Gasteiger partial charge in [0.1, 0.15) is 29.8 Å². The number of carbonyl (C=O) groups excluding carboxylic acids is 4. The van der Waals surface area contributed by atoms with E-state index in [2.05, 4.69) is 21.2 Å². The molecule has 4 aliphatic rings. The van der Waals surface area contributed by atoms with Gasteiger partial charge in [-0.3, -0.25) is 19.2 Å². The molecule has 6 rings (SSSR count). The summed E-state index contributed by atoms with van der Waals surface area (Å²) in [5.74, 6) is -3.77. The summed E-state index contributed by atoms with van der Waals surface area (Å²) >= 11 is 3.59. The average molecular weight is 707 g/mol. The smallest absolute Gasteiger partial charge is 0.313 e. The summed E-state index contributed by atoms with van der Waals surface area (Å²) in [6, 6.07) is 16.5. The SMILES string of the molecule is CC(C)N1C/C=C\CCC(=O)NC[C@@H](c2ccccc2)OC(=O)[C@@H]2[C@H]3O[C@@]4(C=C3Br)[C@H](C1=O)N([C@@H](CO)Cc1ccccc1)C(=O)[C@@H]24. The van der Waals surface area contributed by atoms with Gasteiger partial charge in [0, 0.05) is 23.5 Å². The van der Waals surface area contributed by atoms with Gasteiger partial charge in [0.2, 0.25) is 17.7 Å². The van der Waals surface area contributed by atoms with E-state index in [4.69, 9.17) is 9.47 Å². The number of likely N-dealkylation sites (tertiary alicyclic amines) is 1. The van der Waals surface area contributed by atoms with Crippen LogP contribution in [-0.2, 0) is 35.1 Å². The van der Waals surface area contributed by atoms with Crippen molar-refractivity contribution >= 4 is 39.6 Å². The lowest BCUT2D eigenvalue weighted by Gasteiger charge is -2.40. The molecule has 5 bridgehead atoms. The number of hydrogen-bond donors (Lipinski definition) is 2. The first-order valence-electron chi connectivity index (χ1n) is 16.2. The van der Waals surface area contributed by atoms with Crippen LogP contribution in [0.3, 0.4) is 0 Å². The molecule has 3 amide bonds. The molecule has 0 unspecified atom stereocenters. The van der Waals surface area contributed by atoms with Gasteiger partial charge in [-0.1, -0.05) is 88.7 Å². The highest BCUT2D eigenvalue weighted by Gasteiger charge is 2.75. The number of esters is 1. The van der Waals surface area contributed by atoms with Crippen LogP contribution in [0.2, 0.25) is 0 Å². The summed E-state index contributed by atoms with van der Waals surface area (Å²) in [6.07, 6.45) is 4.81. The van der Waals surface area contributed by atoms with Crippen LogP contribution in [-0.4, -0.2) is 88.1 Å². The lowest BCUT2D eigenvalue weighted by Crippen LogP contribution is -2.59. The standard InChI is InChI=1S/C36H40BrN3O7/c1-22(2)39-17-11-5-10-16-28(42)38-20-27(24-14-8-4-9-15-24)46-35(45)29-30-33(43)40(25(21-41)18-23-12-6-3-7-13-23)32(34(39)44)36(30)19-26(37)31(29)47-36/h3-9,11-15,19,22,25,27,29-32,41H,10,16-18,20-21H2,1-2H3,(H,38,42)/b11-5-/t25-,27+,29+,30-,31+,32+,36-/m1/s1. The van der Waals surface area contributed by atoms with E-state index in [-0.39, 0.29) is 37.4 Å². The Morgan fingerprint density at radius 1 is 1.00 bits per heavy atom. The van der Waals surface area contributed by atoms with Crippen LogP contribution in [0, 0.1) is 11.8 Å². The summed E-state index contributed by atoms with van der Waals surface area (Å²) < 4.78 is 13.3. The molecule has 2 N–H and O–H groups in total. The van der Waals surface area contributed by atoms with Crippen molar-refractivity contribution in [3.8, 4) is 0 Å². The predicted molar refractivity (Wildman–Crippen MR) is 177 cm³/mol. The summed E-state index contributed by atoms with van der Waals surface area (Å²) in [6.45, 7) is 3.70. The molecule has 4 heterocycles.